The molecule has 16 heavy (non-hydrogen) atoms. The minimum absolute atomic E-state index is 0.277. The van der Waals surface area contributed by atoms with Crippen molar-refractivity contribution < 1.29 is 0 Å². The topological polar surface area (TPSA) is 12.0 Å². The summed E-state index contributed by atoms with van der Waals surface area (Å²) in [5.41, 5.74) is 0.277. The highest BCUT2D eigenvalue weighted by atomic mass is 32.1. The van der Waals surface area contributed by atoms with Crippen molar-refractivity contribution in [1.29, 1.82) is 0 Å². The quantitative estimate of drug-likeness (QED) is 0.671. The zero-order valence-corrected chi connectivity index (χ0v) is 11.7. The molecule has 1 aromatic heterocycles. The Balaban J connectivity index is 2.17. The normalized spacial score (nSPS) is 11.9. The van der Waals surface area contributed by atoms with Crippen LogP contribution < -0.4 is 5.32 Å². The van der Waals surface area contributed by atoms with Gasteiger partial charge in [-0.25, -0.2) is 0 Å². The van der Waals surface area contributed by atoms with Crippen molar-refractivity contribution in [2.45, 2.75) is 51.9 Å². The van der Waals surface area contributed by atoms with Crippen LogP contribution in [0.5, 0.6) is 0 Å². The van der Waals surface area contributed by atoms with Crippen LogP contribution >= 0.6 is 11.3 Å². The van der Waals surface area contributed by atoms with E-state index in [0.29, 0.717) is 0 Å². The van der Waals surface area contributed by atoms with E-state index in [9.17, 15) is 0 Å². The van der Waals surface area contributed by atoms with Gasteiger partial charge in [0.05, 0.1) is 0 Å². The first kappa shape index (κ1) is 13.7. The second kappa shape index (κ2) is 7.08. The van der Waals surface area contributed by atoms with Gasteiger partial charge in [-0.15, -0.1) is 11.3 Å². The minimum Gasteiger partial charge on any atom is -0.316 e. The lowest BCUT2D eigenvalue weighted by Gasteiger charge is -2.23. The molecule has 2 heteroatoms. The highest BCUT2D eigenvalue weighted by molar-refractivity contribution is 7.10. The average molecular weight is 239 g/mol. The van der Waals surface area contributed by atoms with Gasteiger partial charge in [-0.2, -0.15) is 0 Å². The molecule has 1 heterocycles. The van der Waals surface area contributed by atoms with E-state index in [2.05, 4.69) is 43.6 Å². The number of hydrogen-bond donors (Lipinski definition) is 1. The van der Waals surface area contributed by atoms with Gasteiger partial charge in [0.15, 0.2) is 0 Å². The second-order valence-corrected chi connectivity index (χ2v) is 6.05. The van der Waals surface area contributed by atoms with Crippen molar-refractivity contribution in [3.8, 4) is 0 Å². The van der Waals surface area contributed by atoms with Gasteiger partial charge in [0.2, 0.25) is 0 Å². The van der Waals surface area contributed by atoms with Crippen LogP contribution in [0, 0.1) is 0 Å². The van der Waals surface area contributed by atoms with Crippen molar-refractivity contribution in [2.24, 2.45) is 0 Å². The molecule has 1 N–H and O–H groups in total. The van der Waals surface area contributed by atoms with Crippen LogP contribution in [-0.2, 0) is 5.41 Å². The van der Waals surface area contributed by atoms with Crippen LogP contribution in [0.2, 0.25) is 0 Å². The summed E-state index contributed by atoms with van der Waals surface area (Å²) in [6.45, 7) is 9.14. The molecule has 0 aliphatic rings. The zero-order chi connectivity index (χ0) is 11.9. The molecule has 0 bridgehead atoms. The summed E-state index contributed by atoms with van der Waals surface area (Å²) in [7, 11) is 0. The third-order valence-electron chi connectivity index (χ3n) is 2.96. The first-order valence-electron chi connectivity index (χ1n) is 6.41. The van der Waals surface area contributed by atoms with Crippen LogP contribution in [0.25, 0.3) is 0 Å². The summed E-state index contributed by atoms with van der Waals surface area (Å²) < 4.78 is 0. The maximum absolute atomic E-state index is 3.58. The third-order valence-corrected chi connectivity index (χ3v) is 4.20. The van der Waals surface area contributed by atoms with Crippen molar-refractivity contribution in [1.82, 2.24) is 5.32 Å². The van der Waals surface area contributed by atoms with Crippen molar-refractivity contribution in [3.05, 3.63) is 22.4 Å². The summed E-state index contributed by atoms with van der Waals surface area (Å²) in [6.07, 6.45) is 5.37. The van der Waals surface area contributed by atoms with E-state index in [4.69, 9.17) is 0 Å². The molecular weight excluding hydrogens is 214 g/mol. The van der Waals surface area contributed by atoms with E-state index in [0.717, 1.165) is 13.1 Å². The molecule has 0 unspecified atom stereocenters. The highest BCUT2D eigenvalue weighted by Gasteiger charge is 2.20. The van der Waals surface area contributed by atoms with E-state index in [1.807, 2.05) is 11.3 Å². The molecule has 0 amide bonds. The smallest absolute Gasteiger partial charge is 0.0115 e. The Morgan fingerprint density at radius 2 is 2.06 bits per heavy atom. The van der Waals surface area contributed by atoms with Gasteiger partial charge in [0, 0.05) is 16.8 Å². The number of rotatable bonds is 8. The van der Waals surface area contributed by atoms with Crippen LogP contribution in [0.15, 0.2) is 17.5 Å². The van der Waals surface area contributed by atoms with Crippen LogP contribution in [0.1, 0.15) is 51.3 Å². The Morgan fingerprint density at radius 1 is 1.25 bits per heavy atom. The van der Waals surface area contributed by atoms with Crippen LogP contribution in [-0.4, -0.2) is 13.1 Å². The van der Waals surface area contributed by atoms with Gasteiger partial charge in [0.25, 0.3) is 0 Å². The second-order valence-electron chi connectivity index (χ2n) is 5.10. The van der Waals surface area contributed by atoms with Crippen molar-refractivity contribution in [3.63, 3.8) is 0 Å². The number of unbranched alkanes of at least 4 members (excludes halogenated alkanes) is 3. The molecule has 1 aromatic rings. The van der Waals surface area contributed by atoms with E-state index >= 15 is 0 Å². The Morgan fingerprint density at radius 3 is 2.69 bits per heavy atom. The van der Waals surface area contributed by atoms with Crippen molar-refractivity contribution >= 4 is 11.3 Å². The van der Waals surface area contributed by atoms with Gasteiger partial charge in [0.1, 0.15) is 0 Å². The molecule has 0 aliphatic heterocycles. The molecule has 0 saturated heterocycles. The largest absolute Gasteiger partial charge is 0.316 e. The summed E-state index contributed by atoms with van der Waals surface area (Å²) in [4.78, 5) is 1.48. The first-order valence-corrected chi connectivity index (χ1v) is 7.29. The maximum atomic E-state index is 3.58. The van der Waals surface area contributed by atoms with E-state index in [1.54, 1.807) is 0 Å². The predicted molar refractivity (Wildman–Crippen MR) is 74.4 cm³/mol. The Bertz CT molecular complexity index is 264. The fraction of sp³-hybridized carbons (Fsp3) is 0.714. The predicted octanol–water partition coefficient (Wildman–Crippen LogP) is 4.20. The maximum Gasteiger partial charge on any atom is 0.0115 e. The lowest BCUT2D eigenvalue weighted by molar-refractivity contribution is 0.468. The summed E-state index contributed by atoms with van der Waals surface area (Å²) in [5, 5.41) is 5.74. The molecule has 0 radical (unpaired) electrons. The first-order chi connectivity index (χ1) is 7.67. The average Bonchev–Trinajstić information content (AvgIpc) is 2.77. The summed E-state index contributed by atoms with van der Waals surface area (Å²) in [5.74, 6) is 0. The van der Waals surface area contributed by atoms with E-state index in [-0.39, 0.29) is 5.41 Å². The molecule has 1 rings (SSSR count). The fourth-order valence-electron chi connectivity index (χ4n) is 1.83. The molecule has 0 saturated carbocycles. The molecule has 92 valence electrons. The van der Waals surface area contributed by atoms with Gasteiger partial charge in [-0.05, 0) is 24.4 Å². The number of thiophene rings is 1. The Kier molecular flexibility index (Phi) is 6.07. The summed E-state index contributed by atoms with van der Waals surface area (Å²) in [6, 6.07) is 4.38. The third kappa shape index (κ3) is 4.67. The van der Waals surface area contributed by atoms with Gasteiger partial charge < -0.3 is 5.32 Å². The monoisotopic (exact) mass is 239 g/mol. The van der Waals surface area contributed by atoms with E-state index < -0.39 is 0 Å². The lowest BCUT2D eigenvalue weighted by atomic mass is 9.91. The van der Waals surface area contributed by atoms with E-state index in [1.165, 1.54) is 30.6 Å². The number of hydrogen-bond acceptors (Lipinski definition) is 2. The standard InChI is InChI=1S/C14H25NS/c1-4-5-6-7-10-15-12-14(2,3)13-9-8-11-16-13/h8-9,11,15H,4-7,10,12H2,1-3H3. The Labute approximate surface area is 104 Å². The van der Waals surface area contributed by atoms with Crippen LogP contribution in [0.3, 0.4) is 0 Å². The summed E-state index contributed by atoms with van der Waals surface area (Å²) >= 11 is 1.86. The number of nitrogens with one attached hydrogen (secondary N) is 1. The van der Waals surface area contributed by atoms with Crippen LogP contribution in [0.4, 0.5) is 0 Å². The molecule has 1 nitrogen and oxygen atoms in total. The Hall–Kier alpha value is -0.340. The van der Waals surface area contributed by atoms with Gasteiger partial charge >= 0.3 is 0 Å². The highest BCUT2D eigenvalue weighted by Crippen LogP contribution is 2.26. The fourth-order valence-corrected chi connectivity index (χ4v) is 2.68. The minimum atomic E-state index is 0.277. The molecule has 0 atom stereocenters. The van der Waals surface area contributed by atoms with Gasteiger partial charge in [-0.1, -0.05) is 46.1 Å². The molecule has 0 aliphatic carbocycles. The lowest BCUT2D eigenvalue weighted by Crippen LogP contribution is -2.32. The molecule has 0 spiro atoms. The van der Waals surface area contributed by atoms with Crippen molar-refractivity contribution in [2.75, 3.05) is 13.1 Å². The zero-order valence-electron chi connectivity index (χ0n) is 10.9. The van der Waals surface area contributed by atoms with Gasteiger partial charge in [-0.3, -0.25) is 0 Å². The molecule has 0 aromatic carbocycles. The SMILES string of the molecule is CCCCCCNCC(C)(C)c1cccs1. The molecule has 0 fully saturated rings. The molecular formula is C14H25NS.